The molecule has 1 aromatic heterocycles. The van der Waals surface area contributed by atoms with Crippen LogP contribution in [0, 0.1) is 5.92 Å². The van der Waals surface area contributed by atoms with Gasteiger partial charge in [-0.25, -0.2) is 0 Å². The molecule has 4 nitrogen and oxygen atoms in total. The van der Waals surface area contributed by atoms with Crippen LogP contribution in [0.3, 0.4) is 0 Å². The fourth-order valence-electron chi connectivity index (χ4n) is 4.11. The molecule has 142 valence electrons. The highest BCUT2D eigenvalue weighted by molar-refractivity contribution is 7.99. The summed E-state index contributed by atoms with van der Waals surface area (Å²) in [5.74, 6) is 1.30. The summed E-state index contributed by atoms with van der Waals surface area (Å²) in [4.78, 5) is 2.40. The molecule has 0 spiro atoms. The van der Waals surface area contributed by atoms with Crippen molar-refractivity contribution in [1.82, 2.24) is 4.90 Å². The lowest BCUT2D eigenvalue weighted by Crippen LogP contribution is -2.50. The van der Waals surface area contributed by atoms with E-state index in [1.165, 1.54) is 32.1 Å². The molecule has 0 unspecified atom stereocenters. The molecule has 1 saturated carbocycles. The summed E-state index contributed by atoms with van der Waals surface area (Å²) < 4.78 is 11.2. The van der Waals surface area contributed by atoms with Crippen molar-refractivity contribution in [3.63, 3.8) is 0 Å². The van der Waals surface area contributed by atoms with Crippen molar-refractivity contribution < 1.29 is 14.3 Å². The standard InChI is InChI=1S/C20H33NO3S/c1-16-14-21(12-10-20(16,22)11-13-23-2)15-17-8-9-19(24-17)25-18-6-4-3-5-7-18/h8-9,16,18,22H,3-7,10-15H2,1-2H3/t16-,20-/m1/s1. The Balaban J connectivity index is 1.48. The molecule has 1 aliphatic heterocycles. The van der Waals surface area contributed by atoms with Crippen molar-refractivity contribution in [2.75, 3.05) is 26.8 Å². The zero-order valence-electron chi connectivity index (χ0n) is 15.7. The summed E-state index contributed by atoms with van der Waals surface area (Å²) in [5, 5.41) is 12.6. The van der Waals surface area contributed by atoms with Gasteiger partial charge in [0.2, 0.25) is 0 Å². The average molecular weight is 368 g/mol. The Morgan fingerprint density at radius 2 is 2.12 bits per heavy atom. The highest BCUT2D eigenvalue weighted by atomic mass is 32.2. The van der Waals surface area contributed by atoms with Gasteiger partial charge in [-0.1, -0.05) is 37.9 Å². The van der Waals surface area contributed by atoms with Crippen LogP contribution in [0.5, 0.6) is 0 Å². The molecule has 1 N–H and O–H groups in total. The molecule has 2 fully saturated rings. The average Bonchev–Trinajstić information content (AvgIpc) is 3.04. The predicted octanol–water partition coefficient (Wildman–Crippen LogP) is 4.31. The van der Waals surface area contributed by atoms with Gasteiger partial charge < -0.3 is 14.3 Å². The van der Waals surface area contributed by atoms with Gasteiger partial charge in [-0.15, -0.1) is 0 Å². The first kappa shape index (κ1) is 19.3. The molecular weight excluding hydrogens is 334 g/mol. The number of methoxy groups -OCH3 is 1. The number of rotatable bonds is 7. The quantitative estimate of drug-likeness (QED) is 0.778. The number of furan rings is 1. The van der Waals surface area contributed by atoms with E-state index in [4.69, 9.17) is 9.15 Å². The number of piperidine rings is 1. The molecule has 0 radical (unpaired) electrons. The molecule has 0 amide bonds. The third-order valence-corrected chi connectivity index (χ3v) is 7.16. The van der Waals surface area contributed by atoms with Crippen LogP contribution >= 0.6 is 11.8 Å². The van der Waals surface area contributed by atoms with Crippen LogP contribution in [0.25, 0.3) is 0 Å². The lowest BCUT2D eigenvalue weighted by atomic mass is 9.80. The molecule has 1 saturated heterocycles. The van der Waals surface area contributed by atoms with Crippen molar-refractivity contribution in [3.8, 4) is 0 Å². The Bertz CT molecular complexity index is 529. The molecule has 1 aromatic rings. The summed E-state index contributed by atoms with van der Waals surface area (Å²) >= 11 is 1.92. The number of aliphatic hydroxyl groups is 1. The van der Waals surface area contributed by atoms with Crippen molar-refractivity contribution in [2.45, 2.75) is 74.4 Å². The zero-order valence-corrected chi connectivity index (χ0v) is 16.5. The van der Waals surface area contributed by atoms with Gasteiger partial charge in [0.1, 0.15) is 5.76 Å². The van der Waals surface area contributed by atoms with Gasteiger partial charge in [0, 0.05) is 32.1 Å². The molecule has 0 aromatic carbocycles. The predicted molar refractivity (Wildman–Crippen MR) is 102 cm³/mol. The van der Waals surface area contributed by atoms with Gasteiger partial charge in [-0.05, 0) is 43.7 Å². The maximum atomic E-state index is 10.8. The second kappa shape index (κ2) is 8.94. The summed E-state index contributed by atoms with van der Waals surface area (Å²) in [6.45, 7) is 5.44. The van der Waals surface area contributed by atoms with Crippen LogP contribution in [-0.4, -0.2) is 47.7 Å². The van der Waals surface area contributed by atoms with Crippen LogP contribution in [0.2, 0.25) is 0 Å². The van der Waals surface area contributed by atoms with Crippen molar-refractivity contribution in [1.29, 1.82) is 0 Å². The van der Waals surface area contributed by atoms with Crippen LogP contribution in [0.1, 0.15) is 57.6 Å². The fraction of sp³-hybridized carbons (Fsp3) is 0.800. The lowest BCUT2D eigenvalue weighted by molar-refractivity contribution is -0.0836. The summed E-state index contributed by atoms with van der Waals surface area (Å²) in [7, 11) is 1.70. The Morgan fingerprint density at radius 1 is 1.32 bits per heavy atom. The Hall–Kier alpha value is -0.490. The number of ether oxygens (including phenoxy) is 1. The van der Waals surface area contributed by atoms with E-state index in [2.05, 4.69) is 24.0 Å². The van der Waals surface area contributed by atoms with E-state index in [0.717, 1.165) is 48.6 Å². The van der Waals surface area contributed by atoms with Crippen molar-refractivity contribution >= 4 is 11.8 Å². The van der Waals surface area contributed by atoms with E-state index in [0.29, 0.717) is 6.61 Å². The van der Waals surface area contributed by atoms with Crippen LogP contribution in [0.15, 0.2) is 21.6 Å². The van der Waals surface area contributed by atoms with E-state index in [1.807, 2.05) is 11.8 Å². The monoisotopic (exact) mass is 367 g/mol. The largest absolute Gasteiger partial charge is 0.454 e. The van der Waals surface area contributed by atoms with Crippen molar-refractivity contribution in [3.05, 3.63) is 17.9 Å². The van der Waals surface area contributed by atoms with Gasteiger partial charge in [0.25, 0.3) is 0 Å². The third-order valence-electron chi connectivity index (χ3n) is 5.90. The molecular formula is C20H33NO3S. The van der Waals surface area contributed by atoms with Gasteiger partial charge in [0.15, 0.2) is 5.09 Å². The lowest BCUT2D eigenvalue weighted by Gasteiger charge is -2.43. The highest BCUT2D eigenvalue weighted by Crippen LogP contribution is 2.35. The highest BCUT2D eigenvalue weighted by Gasteiger charge is 2.38. The van der Waals surface area contributed by atoms with E-state index >= 15 is 0 Å². The minimum atomic E-state index is -0.586. The number of hydrogen-bond acceptors (Lipinski definition) is 5. The van der Waals surface area contributed by atoms with E-state index in [1.54, 1.807) is 7.11 Å². The topological polar surface area (TPSA) is 45.8 Å². The van der Waals surface area contributed by atoms with Crippen LogP contribution in [-0.2, 0) is 11.3 Å². The van der Waals surface area contributed by atoms with Crippen LogP contribution in [0.4, 0.5) is 0 Å². The van der Waals surface area contributed by atoms with Crippen molar-refractivity contribution in [2.24, 2.45) is 5.92 Å². The fourth-order valence-corrected chi connectivity index (χ4v) is 5.31. The summed E-state index contributed by atoms with van der Waals surface area (Å²) in [6.07, 6.45) is 8.30. The molecule has 2 aliphatic rings. The smallest absolute Gasteiger partial charge is 0.160 e. The maximum Gasteiger partial charge on any atom is 0.160 e. The zero-order chi connectivity index (χ0) is 17.7. The molecule has 25 heavy (non-hydrogen) atoms. The maximum absolute atomic E-state index is 10.8. The first-order valence-corrected chi connectivity index (χ1v) is 10.7. The van der Waals surface area contributed by atoms with Gasteiger partial charge in [-0.3, -0.25) is 4.90 Å². The normalized spacial score (nSPS) is 29.2. The minimum Gasteiger partial charge on any atom is -0.454 e. The molecule has 0 bridgehead atoms. The molecule has 5 heteroatoms. The SMILES string of the molecule is COCC[C@]1(O)CCN(Cc2ccc(SC3CCCCC3)o2)C[C@H]1C. The number of thioether (sulfide) groups is 1. The third kappa shape index (κ3) is 5.25. The van der Waals surface area contributed by atoms with Gasteiger partial charge in [-0.2, -0.15) is 0 Å². The van der Waals surface area contributed by atoms with E-state index in [-0.39, 0.29) is 5.92 Å². The van der Waals surface area contributed by atoms with Gasteiger partial charge in [0.05, 0.1) is 12.1 Å². The number of likely N-dealkylation sites (tertiary alicyclic amines) is 1. The molecule has 3 rings (SSSR count). The second-order valence-electron chi connectivity index (χ2n) is 7.83. The molecule has 1 aliphatic carbocycles. The first-order valence-electron chi connectivity index (χ1n) is 9.78. The Morgan fingerprint density at radius 3 is 2.84 bits per heavy atom. The Labute approximate surface area is 156 Å². The summed E-state index contributed by atoms with van der Waals surface area (Å²) in [5.41, 5.74) is -0.586. The van der Waals surface area contributed by atoms with E-state index < -0.39 is 5.60 Å². The van der Waals surface area contributed by atoms with Gasteiger partial charge >= 0.3 is 0 Å². The Kier molecular flexibility index (Phi) is 6.89. The number of nitrogens with zero attached hydrogens (tertiary/aromatic N) is 1. The summed E-state index contributed by atoms with van der Waals surface area (Å²) in [6, 6.07) is 4.26. The molecule has 2 heterocycles. The first-order chi connectivity index (χ1) is 12.1. The number of hydrogen-bond donors (Lipinski definition) is 1. The van der Waals surface area contributed by atoms with Crippen LogP contribution < -0.4 is 0 Å². The molecule has 2 atom stereocenters. The minimum absolute atomic E-state index is 0.252. The van der Waals surface area contributed by atoms with E-state index in [9.17, 15) is 5.11 Å². The second-order valence-corrected chi connectivity index (χ2v) is 9.14.